The van der Waals surface area contributed by atoms with E-state index in [9.17, 15) is 0 Å². The molecule has 7 rings (SSSR count). The summed E-state index contributed by atoms with van der Waals surface area (Å²) in [6, 6.07) is 26.4. The summed E-state index contributed by atoms with van der Waals surface area (Å²) in [6.45, 7) is 0. The Hall–Kier alpha value is -4.26. The smallest absolute Gasteiger partial charge is 0.0922 e. The van der Waals surface area contributed by atoms with Crippen molar-refractivity contribution < 1.29 is 0 Å². The zero-order valence-corrected chi connectivity index (χ0v) is 25.2. The molecule has 2 atom stereocenters. The van der Waals surface area contributed by atoms with E-state index in [1.165, 1.54) is 49.5 Å². The van der Waals surface area contributed by atoms with Gasteiger partial charge in [0.1, 0.15) is 0 Å². The Morgan fingerprint density at radius 3 is 2.14 bits per heavy atom. The largest absolute Gasteiger partial charge is 0.397 e. The molecule has 3 aliphatic heterocycles. The number of allylic oxidation sites excluding steroid dienone is 4. The summed E-state index contributed by atoms with van der Waals surface area (Å²) in [6.07, 6.45) is 19.3. The van der Waals surface area contributed by atoms with Crippen molar-refractivity contribution in [2.75, 3.05) is 12.5 Å². The molecule has 3 heterocycles. The molecule has 4 nitrogen and oxygen atoms in total. The van der Waals surface area contributed by atoms with Gasteiger partial charge in [-0.05, 0) is 85.6 Å². The number of rotatable bonds is 7. The molecule has 0 aromatic heterocycles. The first-order valence-electron chi connectivity index (χ1n) is 14.0. The summed E-state index contributed by atoms with van der Waals surface area (Å²) in [5, 5.41) is 14.6. The minimum absolute atomic E-state index is 0.0214. The zero-order chi connectivity index (χ0) is 28.6. The average Bonchev–Trinajstić information content (AvgIpc) is 3.84. The molecule has 0 amide bonds. The van der Waals surface area contributed by atoms with Crippen molar-refractivity contribution in [1.29, 1.82) is 0 Å². The van der Waals surface area contributed by atoms with Crippen LogP contribution in [0.5, 0.6) is 0 Å². The Balaban J connectivity index is 1.43. The Morgan fingerprint density at radius 1 is 0.762 bits per heavy atom. The molecule has 208 valence electrons. The van der Waals surface area contributed by atoms with Crippen LogP contribution in [0, 0.1) is 0 Å². The number of fused-ring (bicyclic) bond motifs is 2. The van der Waals surface area contributed by atoms with E-state index in [0.29, 0.717) is 0 Å². The minimum atomic E-state index is -0.0279. The van der Waals surface area contributed by atoms with Crippen LogP contribution in [0.1, 0.15) is 23.2 Å². The number of thioether (sulfide) groups is 1. The number of nitrogens with zero attached hydrogens (tertiary/aromatic N) is 1. The number of benzene rings is 4. The van der Waals surface area contributed by atoms with E-state index >= 15 is 0 Å². The van der Waals surface area contributed by atoms with Crippen LogP contribution in [0.3, 0.4) is 0 Å². The SMILES string of the molecule is CS/C=C(\N)C1=CC=CC(c2c3ccccc3c(C3C=CC=C(C4=CN4SC)N3)c3cc(-c4ccccc4)ccc23)N1. The fraction of sp³-hybridized carbons (Fsp3) is 0.111. The van der Waals surface area contributed by atoms with Crippen molar-refractivity contribution in [3.05, 3.63) is 155 Å². The second-order valence-corrected chi connectivity index (χ2v) is 12.0. The first-order chi connectivity index (χ1) is 20.7. The van der Waals surface area contributed by atoms with Gasteiger partial charge in [-0.15, -0.1) is 11.8 Å². The molecule has 0 aliphatic carbocycles. The van der Waals surface area contributed by atoms with E-state index in [-0.39, 0.29) is 12.1 Å². The third kappa shape index (κ3) is 4.81. The van der Waals surface area contributed by atoms with Gasteiger partial charge in [-0.1, -0.05) is 91.0 Å². The number of nitrogens with two attached hydrogens (primary N) is 1. The first kappa shape index (κ1) is 26.6. The molecule has 6 heteroatoms. The lowest BCUT2D eigenvalue weighted by atomic mass is 9.83. The molecule has 0 spiro atoms. The Kier molecular flexibility index (Phi) is 7.10. The Bertz CT molecular complexity index is 1880. The van der Waals surface area contributed by atoms with Gasteiger partial charge in [-0.2, -0.15) is 0 Å². The van der Waals surface area contributed by atoms with Gasteiger partial charge in [0.25, 0.3) is 0 Å². The van der Waals surface area contributed by atoms with Gasteiger partial charge >= 0.3 is 0 Å². The fourth-order valence-corrected chi connectivity index (χ4v) is 6.95. The molecule has 4 aromatic carbocycles. The van der Waals surface area contributed by atoms with Crippen molar-refractivity contribution in [3.63, 3.8) is 0 Å². The molecule has 4 N–H and O–H groups in total. The van der Waals surface area contributed by atoms with Gasteiger partial charge in [0.2, 0.25) is 0 Å². The molecule has 3 aliphatic rings. The molecule has 0 fully saturated rings. The molecule has 0 radical (unpaired) electrons. The number of nitrogens with one attached hydrogen (secondary N) is 2. The Labute approximate surface area is 255 Å². The molecule has 0 saturated heterocycles. The van der Waals surface area contributed by atoms with Gasteiger partial charge in [0, 0.05) is 12.5 Å². The number of hydrogen-bond donors (Lipinski definition) is 3. The topological polar surface area (TPSA) is 53.1 Å². The summed E-state index contributed by atoms with van der Waals surface area (Å²) in [7, 11) is 0. The zero-order valence-electron chi connectivity index (χ0n) is 23.5. The van der Waals surface area contributed by atoms with Crippen molar-refractivity contribution >= 4 is 45.3 Å². The predicted octanol–water partition coefficient (Wildman–Crippen LogP) is 8.43. The highest BCUT2D eigenvalue weighted by Crippen LogP contribution is 2.44. The highest BCUT2D eigenvalue weighted by atomic mass is 32.2. The third-order valence-electron chi connectivity index (χ3n) is 8.03. The van der Waals surface area contributed by atoms with E-state index in [4.69, 9.17) is 5.73 Å². The molecule has 0 saturated carbocycles. The van der Waals surface area contributed by atoms with Crippen LogP contribution in [0.25, 0.3) is 32.7 Å². The van der Waals surface area contributed by atoms with E-state index in [2.05, 4.69) is 137 Å². The molecular formula is C36H32N4S2. The number of hydrogen-bond acceptors (Lipinski definition) is 6. The average molecular weight is 585 g/mol. The lowest BCUT2D eigenvalue weighted by molar-refractivity contribution is 0.708. The van der Waals surface area contributed by atoms with Gasteiger partial charge < -0.3 is 16.4 Å². The molecule has 42 heavy (non-hydrogen) atoms. The van der Waals surface area contributed by atoms with E-state index in [1.807, 2.05) is 11.7 Å². The van der Waals surface area contributed by atoms with Crippen LogP contribution in [-0.2, 0) is 0 Å². The summed E-state index contributed by atoms with van der Waals surface area (Å²) >= 11 is 3.33. The minimum Gasteiger partial charge on any atom is -0.397 e. The highest BCUT2D eigenvalue weighted by molar-refractivity contribution is 8.01. The summed E-state index contributed by atoms with van der Waals surface area (Å²) in [4.78, 5) is 0. The molecule has 2 unspecified atom stereocenters. The highest BCUT2D eigenvalue weighted by Gasteiger charge is 2.29. The predicted molar refractivity (Wildman–Crippen MR) is 182 cm³/mol. The Morgan fingerprint density at radius 2 is 1.43 bits per heavy atom. The molecular weight excluding hydrogens is 553 g/mol. The summed E-state index contributed by atoms with van der Waals surface area (Å²) in [5.41, 5.74) is 15.5. The monoisotopic (exact) mass is 584 g/mol. The maximum atomic E-state index is 6.44. The fourth-order valence-electron chi connectivity index (χ4n) is 6.07. The van der Waals surface area contributed by atoms with Crippen molar-refractivity contribution in [3.8, 4) is 11.1 Å². The van der Waals surface area contributed by atoms with E-state index in [0.717, 1.165) is 17.1 Å². The normalized spacial score (nSPS) is 19.7. The van der Waals surface area contributed by atoms with Crippen LogP contribution >= 0.6 is 23.7 Å². The second-order valence-electron chi connectivity index (χ2n) is 10.5. The van der Waals surface area contributed by atoms with Crippen molar-refractivity contribution in [2.45, 2.75) is 12.1 Å². The summed E-state index contributed by atoms with van der Waals surface area (Å²) < 4.78 is 2.20. The van der Waals surface area contributed by atoms with Crippen LogP contribution in [-0.4, -0.2) is 16.8 Å². The van der Waals surface area contributed by atoms with E-state index < -0.39 is 0 Å². The lowest BCUT2D eigenvalue weighted by Gasteiger charge is -2.29. The van der Waals surface area contributed by atoms with Gasteiger partial charge in [0.15, 0.2) is 0 Å². The summed E-state index contributed by atoms with van der Waals surface area (Å²) in [5.74, 6) is 0. The van der Waals surface area contributed by atoms with E-state index in [1.54, 1.807) is 23.7 Å². The van der Waals surface area contributed by atoms with Crippen LogP contribution in [0.15, 0.2) is 144 Å². The van der Waals surface area contributed by atoms with Crippen molar-refractivity contribution in [1.82, 2.24) is 14.9 Å². The van der Waals surface area contributed by atoms with Crippen molar-refractivity contribution in [2.24, 2.45) is 5.73 Å². The maximum absolute atomic E-state index is 6.44. The second kappa shape index (κ2) is 11.2. The quantitative estimate of drug-likeness (QED) is 0.150. The standard InChI is InChI=1S/C36H32N4S2/c1-41-22-29(37)30-14-8-16-32(38-30)35-25-12-6-7-13-26(25)36(33-17-9-15-31(39-33)34-21-40(34)42-2)28-20-24(18-19-27(28)35)23-10-4-3-5-11-23/h3-22,32-33,38-39H,37H2,1-2H3/b29-22-. The van der Waals surface area contributed by atoms with Crippen LogP contribution < -0.4 is 16.4 Å². The van der Waals surface area contributed by atoms with Gasteiger partial charge in [0.05, 0.1) is 34.9 Å². The maximum Gasteiger partial charge on any atom is 0.0922 e. The molecule has 0 bridgehead atoms. The first-order valence-corrected chi connectivity index (χ1v) is 16.5. The van der Waals surface area contributed by atoms with Gasteiger partial charge in [-0.3, -0.25) is 4.31 Å². The molecule has 4 aromatic rings. The van der Waals surface area contributed by atoms with Gasteiger partial charge in [-0.25, -0.2) is 0 Å². The lowest BCUT2D eigenvalue weighted by Crippen LogP contribution is -2.26. The third-order valence-corrected chi connectivity index (χ3v) is 9.21. The number of dihydropyridines is 2. The van der Waals surface area contributed by atoms with Crippen LogP contribution in [0.4, 0.5) is 0 Å². The van der Waals surface area contributed by atoms with Crippen LogP contribution in [0.2, 0.25) is 0 Å².